The third-order valence-electron chi connectivity index (χ3n) is 5.09. The lowest BCUT2D eigenvalue weighted by Crippen LogP contribution is -2.49. The van der Waals surface area contributed by atoms with E-state index in [4.69, 9.17) is 4.74 Å². The Labute approximate surface area is 179 Å². The van der Waals surface area contributed by atoms with Crippen LogP contribution < -0.4 is 4.72 Å². The van der Waals surface area contributed by atoms with Gasteiger partial charge in [0.1, 0.15) is 11.3 Å². The molecule has 0 bridgehead atoms. The van der Waals surface area contributed by atoms with Gasteiger partial charge in [0, 0.05) is 30.6 Å². The molecule has 7 nitrogen and oxygen atoms in total. The van der Waals surface area contributed by atoms with Crippen LogP contribution in [0.4, 0.5) is 4.79 Å². The molecular formula is C22H31N3O4S. The first-order valence-corrected chi connectivity index (χ1v) is 12.2. The van der Waals surface area contributed by atoms with Crippen LogP contribution in [0.3, 0.4) is 0 Å². The van der Waals surface area contributed by atoms with Gasteiger partial charge in [-0.2, -0.15) is 0 Å². The van der Waals surface area contributed by atoms with E-state index in [-0.39, 0.29) is 17.8 Å². The zero-order valence-corrected chi connectivity index (χ0v) is 19.0. The molecule has 2 aliphatic rings. The number of hydrogen-bond acceptors (Lipinski definition) is 5. The molecule has 1 aromatic heterocycles. The summed E-state index contributed by atoms with van der Waals surface area (Å²) in [5, 5.41) is 0. The van der Waals surface area contributed by atoms with E-state index in [2.05, 4.69) is 21.5 Å². The maximum absolute atomic E-state index is 12.8. The summed E-state index contributed by atoms with van der Waals surface area (Å²) in [4.78, 5) is 19.0. The number of carbonyl (C=O) groups excluding carboxylic acids is 1. The third kappa shape index (κ3) is 6.44. The molecule has 1 N–H and O–H groups in total. The minimum Gasteiger partial charge on any atom is -0.444 e. The fraction of sp³-hybridized carbons (Fsp3) is 0.636. The maximum atomic E-state index is 12.8. The molecule has 0 radical (unpaired) electrons. The van der Waals surface area contributed by atoms with Crippen molar-refractivity contribution in [3.8, 4) is 11.8 Å². The second kappa shape index (κ2) is 8.94. The fourth-order valence-electron chi connectivity index (χ4n) is 3.39. The van der Waals surface area contributed by atoms with Crippen molar-refractivity contribution < 1.29 is 17.9 Å². The van der Waals surface area contributed by atoms with Crippen LogP contribution in [0.1, 0.15) is 58.3 Å². The number of rotatable bonds is 5. The number of amides is 1. The summed E-state index contributed by atoms with van der Waals surface area (Å²) in [7, 11) is -3.40. The Morgan fingerprint density at radius 2 is 2.03 bits per heavy atom. The zero-order chi connectivity index (χ0) is 21.9. The van der Waals surface area contributed by atoms with Crippen LogP contribution in [0.2, 0.25) is 0 Å². The maximum Gasteiger partial charge on any atom is 0.410 e. The van der Waals surface area contributed by atoms with E-state index in [1.165, 1.54) is 0 Å². The van der Waals surface area contributed by atoms with Gasteiger partial charge in [-0.25, -0.2) is 22.9 Å². The highest BCUT2D eigenvalue weighted by atomic mass is 32.2. The van der Waals surface area contributed by atoms with E-state index in [9.17, 15) is 13.2 Å². The number of nitrogens with one attached hydrogen (secondary N) is 1. The number of pyridine rings is 1. The summed E-state index contributed by atoms with van der Waals surface area (Å²) in [6.45, 7) is 7.48. The molecule has 1 saturated carbocycles. The topological polar surface area (TPSA) is 88.6 Å². The quantitative estimate of drug-likeness (QED) is 0.722. The zero-order valence-electron chi connectivity index (χ0n) is 18.1. The van der Waals surface area contributed by atoms with Gasteiger partial charge in [0.2, 0.25) is 10.0 Å². The molecule has 2 heterocycles. The van der Waals surface area contributed by atoms with Crippen LogP contribution in [0, 0.1) is 17.8 Å². The van der Waals surface area contributed by atoms with Crippen LogP contribution in [-0.4, -0.2) is 54.4 Å². The van der Waals surface area contributed by atoms with E-state index in [0.29, 0.717) is 31.0 Å². The number of carbonyl (C=O) groups is 1. The highest BCUT2D eigenvalue weighted by Crippen LogP contribution is 2.28. The van der Waals surface area contributed by atoms with Gasteiger partial charge in [0.15, 0.2) is 0 Å². The molecule has 1 saturated heterocycles. The Hall–Kier alpha value is -2.11. The number of hydrogen-bond donors (Lipinski definition) is 1. The van der Waals surface area contributed by atoms with Gasteiger partial charge >= 0.3 is 6.09 Å². The molecule has 1 aromatic rings. The Kier molecular flexibility index (Phi) is 6.73. The molecule has 1 amide bonds. The van der Waals surface area contributed by atoms with E-state index >= 15 is 0 Å². The molecule has 1 aliphatic heterocycles. The third-order valence-corrected chi connectivity index (χ3v) is 6.51. The first-order valence-electron chi connectivity index (χ1n) is 10.5. The minimum atomic E-state index is -3.40. The number of likely N-dealkylation sites (tertiary alicyclic amines) is 1. The number of ether oxygens (including phenoxy) is 1. The van der Waals surface area contributed by atoms with Crippen molar-refractivity contribution in [3.63, 3.8) is 0 Å². The lowest BCUT2D eigenvalue weighted by atomic mass is 10.0. The van der Waals surface area contributed by atoms with Gasteiger partial charge in [0.25, 0.3) is 0 Å². The Morgan fingerprint density at radius 3 is 2.67 bits per heavy atom. The van der Waals surface area contributed by atoms with E-state index in [1.54, 1.807) is 11.8 Å². The van der Waals surface area contributed by atoms with E-state index in [1.807, 2.05) is 39.0 Å². The molecule has 1 aliphatic carbocycles. The van der Waals surface area contributed by atoms with Crippen molar-refractivity contribution in [1.29, 1.82) is 0 Å². The Morgan fingerprint density at radius 1 is 1.30 bits per heavy atom. The first-order chi connectivity index (χ1) is 14.1. The average molecular weight is 434 g/mol. The van der Waals surface area contributed by atoms with Crippen LogP contribution in [0.25, 0.3) is 0 Å². The molecule has 8 heteroatoms. The predicted molar refractivity (Wildman–Crippen MR) is 115 cm³/mol. The van der Waals surface area contributed by atoms with Crippen molar-refractivity contribution in [2.24, 2.45) is 5.92 Å². The molecule has 164 valence electrons. The second-order valence-corrected chi connectivity index (χ2v) is 11.0. The smallest absolute Gasteiger partial charge is 0.410 e. The van der Waals surface area contributed by atoms with Crippen molar-refractivity contribution in [2.75, 3.05) is 12.3 Å². The highest BCUT2D eigenvalue weighted by Gasteiger charge is 2.40. The number of aromatic nitrogens is 1. The molecule has 2 atom stereocenters. The standard InChI is InChI=1S/C22H31N3O4S/c1-5-30(27,28)24-19-13-14-25(21(26)29-22(2,3)4)20(19)15-18-8-6-7-17(23-18)12-11-16-9-10-16/h6-8,16,19-20,24H,5,9-10,13-15H2,1-4H3. The van der Waals surface area contributed by atoms with Crippen molar-refractivity contribution in [2.45, 2.75) is 71.1 Å². The van der Waals surface area contributed by atoms with Gasteiger partial charge in [-0.05, 0) is 65.0 Å². The fourth-order valence-corrected chi connectivity index (χ4v) is 4.29. The van der Waals surface area contributed by atoms with Gasteiger partial charge in [-0.1, -0.05) is 12.0 Å². The highest BCUT2D eigenvalue weighted by molar-refractivity contribution is 7.89. The van der Waals surface area contributed by atoms with E-state index < -0.39 is 21.7 Å². The largest absolute Gasteiger partial charge is 0.444 e. The summed E-state index contributed by atoms with van der Waals surface area (Å²) in [6, 6.07) is 4.90. The van der Waals surface area contributed by atoms with Crippen molar-refractivity contribution >= 4 is 16.1 Å². The monoisotopic (exact) mass is 433 g/mol. The molecule has 2 unspecified atom stereocenters. The summed E-state index contributed by atoms with van der Waals surface area (Å²) < 4.78 is 32.7. The second-order valence-electron chi connectivity index (χ2n) is 8.92. The summed E-state index contributed by atoms with van der Waals surface area (Å²) >= 11 is 0. The normalized spacial score (nSPS) is 21.8. The minimum absolute atomic E-state index is 0.00680. The molecule has 2 fully saturated rings. The van der Waals surface area contributed by atoms with Gasteiger partial charge < -0.3 is 9.64 Å². The summed E-state index contributed by atoms with van der Waals surface area (Å²) in [6.07, 6.45) is 2.83. The molecular weight excluding hydrogens is 402 g/mol. The lowest BCUT2D eigenvalue weighted by Gasteiger charge is -2.30. The Bertz CT molecular complexity index is 939. The van der Waals surface area contributed by atoms with Crippen LogP contribution >= 0.6 is 0 Å². The van der Waals surface area contributed by atoms with Gasteiger partial charge in [-0.3, -0.25) is 0 Å². The average Bonchev–Trinajstić information content (AvgIpc) is 3.41. The molecule has 0 spiro atoms. The number of nitrogens with zero attached hydrogens (tertiary/aromatic N) is 2. The predicted octanol–water partition coefficient (Wildman–Crippen LogP) is 2.70. The van der Waals surface area contributed by atoms with E-state index in [0.717, 1.165) is 18.5 Å². The van der Waals surface area contributed by atoms with Gasteiger partial charge in [0.05, 0.1) is 11.8 Å². The lowest BCUT2D eigenvalue weighted by molar-refractivity contribution is 0.0218. The molecule has 0 aromatic carbocycles. The first kappa shape index (κ1) is 22.6. The molecule has 30 heavy (non-hydrogen) atoms. The van der Waals surface area contributed by atoms with Crippen LogP contribution in [0.5, 0.6) is 0 Å². The summed E-state index contributed by atoms with van der Waals surface area (Å²) in [5.74, 6) is 6.80. The van der Waals surface area contributed by atoms with Crippen LogP contribution in [-0.2, 0) is 21.2 Å². The number of sulfonamides is 1. The van der Waals surface area contributed by atoms with Gasteiger partial charge in [-0.15, -0.1) is 0 Å². The molecule has 3 rings (SSSR count). The van der Waals surface area contributed by atoms with Crippen molar-refractivity contribution in [1.82, 2.24) is 14.6 Å². The SMILES string of the molecule is CCS(=O)(=O)NC1CCN(C(=O)OC(C)(C)C)C1Cc1cccc(C#CC2CC2)n1. The van der Waals surface area contributed by atoms with Crippen LogP contribution in [0.15, 0.2) is 18.2 Å². The summed E-state index contributed by atoms with van der Waals surface area (Å²) in [5.41, 5.74) is 0.852. The Balaban J connectivity index is 1.81. The van der Waals surface area contributed by atoms with Crippen molar-refractivity contribution in [3.05, 3.63) is 29.6 Å².